The molecule has 1 amide bonds. The molecule has 20 heavy (non-hydrogen) atoms. The lowest BCUT2D eigenvalue weighted by molar-refractivity contribution is -0.116. The summed E-state index contributed by atoms with van der Waals surface area (Å²) in [6, 6.07) is 2.67. The van der Waals surface area contributed by atoms with Crippen LogP contribution in [0.5, 0.6) is 5.75 Å². The van der Waals surface area contributed by atoms with Crippen LogP contribution in [0.1, 0.15) is 33.6 Å². The van der Waals surface area contributed by atoms with Crippen molar-refractivity contribution in [3.8, 4) is 5.75 Å². The zero-order valence-electron chi connectivity index (χ0n) is 11.8. The van der Waals surface area contributed by atoms with E-state index in [0.717, 1.165) is 6.42 Å². The fraction of sp³-hybridized carbons (Fsp3) is 0.500. The minimum absolute atomic E-state index is 0.0743. The maximum absolute atomic E-state index is 11.9. The van der Waals surface area contributed by atoms with E-state index >= 15 is 0 Å². The monoisotopic (exact) mass is 318 g/mol. The topological polar surface area (TPSA) is 75.4 Å². The Morgan fingerprint density at radius 1 is 1.35 bits per heavy atom. The number of anilines is 1. The Morgan fingerprint density at radius 2 is 1.85 bits per heavy atom. The van der Waals surface area contributed by atoms with E-state index in [4.69, 9.17) is 28.9 Å². The molecule has 0 spiro atoms. The Kier molecular flexibility index (Phi) is 5.68. The molecule has 0 heterocycles. The molecule has 0 aliphatic heterocycles. The van der Waals surface area contributed by atoms with E-state index in [2.05, 4.69) is 26.1 Å². The molecule has 112 valence electrons. The number of benzene rings is 1. The maximum atomic E-state index is 11.9. The van der Waals surface area contributed by atoms with Crippen LogP contribution in [-0.2, 0) is 4.79 Å². The number of phenols is 1. The Morgan fingerprint density at radius 3 is 2.30 bits per heavy atom. The van der Waals surface area contributed by atoms with Crippen LogP contribution in [0.4, 0.5) is 5.69 Å². The number of hydrogen-bond acceptors (Lipinski definition) is 3. The van der Waals surface area contributed by atoms with Gasteiger partial charge in [-0.3, -0.25) is 4.79 Å². The van der Waals surface area contributed by atoms with Gasteiger partial charge >= 0.3 is 0 Å². The summed E-state index contributed by atoms with van der Waals surface area (Å²) in [7, 11) is 0. The quantitative estimate of drug-likeness (QED) is 0.739. The first-order valence-corrected chi connectivity index (χ1v) is 7.07. The van der Waals surface area contributed by atoms with Gasteiger partial charge < -0.3 is 16.2 Å². The molecule has 1 atom stereocenters. The predicted molar refractivity (Wildman–Crippen MR) is 83.4 cm³/mol. The van der Waals surface area contributed by atoms with Crippen molar-refractivity contribution in [1.82, 2.24) is 0 Å². The van der Waals surface area contributed by atoms with Crippen molar-refractivity contribution in [2.45, 2.75) is 39.7 Å². The molecule has 6 heteroatoms. The standard InChI is InChI=1S/C14H20Cl2N2O2/c1-14(2,3)7-8(17)4-12(19)18-9-5-10(15)13(20)11(16)6-9/h5-6,8,20H,4,7,17H2,1-3H3,(H,18,19). The second kappa shape index (κ2) is 6.66. The third-order valence-corrected chi connectivity index (χ3v) is 3.20. The fourth-order valence-corrected chi connectivity index (χ4v) is 2.43. The Labute approximate surface area is 129 Å². The van der Waals surface area contributed by atoms with Crippen LogP contribution >= 0.6 is 23.2 Å². The number of carbonyl (C=O) groups excluding carboxylic acids is 1. The van der Waals surface area contributed by atoms with Gasteiger partial charge in [0.05, 0.1) is 10.0 Å². The average molecular weight is 319 g/mol. The van der Waals surface area contributed by atoms with Gasteiger partial charge in [-0.2, -0.15) is 0 Å². The van der Waals surface area contributed by atoms with E-state index in [9.17, 15) is 9.90 Å². The molecule has 1 unspecified atom stereocenters. The van der Waals surface area contributed by atoms with Gasteiger partial charge in [0.25, 0.3) is 0 Å². The van der Waals surface area contributed by atoms with Crippen LogP contribution in [0.25, 0.3) is 0 Å². The van der Waals surface area contributed by atoms with Crippen molar-refractivity contribution in [3.05, 3.63) is 22.2 Å². The zero-order chi connectivity index (χ0) is 15.5. The van der Waals surface area contributed by atoms with Crippen molar-refractivity contribution >= 4 is 34.8 Å². The summed E-state index contributed by atoms with van der Waals surface area (Å²) in [5.41, 5.74) is 6.46. The SMILES string of the molecule is CC(C)(C)CC(N)CC(=O)Nc1cc(Cl)c(O)c(Cl)c1. The molecular formula is C14H20Cl2N2O2. The van der Waals surface area contributed by atoms with Crippen LogP contribution in [0, 0.1) is 5.41 Å². The number of carbonyl (C=O) groups is 1. The molecule has 0 aliphatic rings. The lowest BCUT2D eigenvalue weighted by Crippen LogP contribution is -2.31. The molecule has 0 aromatic heterocycles. The summed E-state index contributed by atoms with van der Waals surface area (Å²) in [6.07, 6.45) is 0.963. The molecule has 1 aromatic carbocycles. The first kappa shape index (κ1) is 17.1. The van der Waals surface area contributed by atoms with E-state index in [1.54, 1.807) is 0 Å². The van der Waals surface area contributed by atoms with Crippen molar-refractivity contribution in [2.24, 2.45) is 11.1 Å². The van der Waals surface area contributed by atoms with Crippen LogP contribution in [0.15, 0.2) is 12.1 Å². The third-order valence-electron chi connectivity index (χ3n) is 2.62. The number of nitrogens with one attached hydrogen (secondary N) is 1. The number of aromatic hydroxyl groups is 1. The summed E-state index contributed by atoms with van der Waals surface area (Å²) >= 11 is 11.6. The van der Waals surface area contributed by atoms with Gasteiger partial charge in [-0.25, -0.2) is 0 Å². The normalized spacial score (nSPS) is 13.1. The molecule has 0 saturated heterocycles. The Bertz CT molecular complexity index is 475. The molecular weight excluding hydrogens is 299 g/mol. The van der Waals surface area contributed by atoms with Crippen molar-refractivity contribution in [1.29, 1.82) is 0 Å². The van der Waals surface area contributed by atoms with Crippen LogP contribution in [0.2, 0.25) is 10.0 Å². The molecule has 0 saturated carbocycles. The van der Waals surface area contributed by atoms with Crippen molar-refractivity contribution in [2.75, 3.05) is 5.32 Å². The van der Waals surface area contributed by atoms with Gasteiger partial charge in [-0.1, -0.05) is 44.0 Å². The largest absolute Gasteiger partial charge is 0.505 e. The molecule has 1 aromatic rings. The number of halogens is 2. The van der Waals surface area contributed by atoms with E-state index in [1.807, 2.05) is 0 Å². The van der Waals surface area contributed by atoms with E-state index in [1.165, 1.54) is 12.1 Å². The van der Waals surface area contributed by atoms with Crippen molar-refractivity contribution in [3.63, 3.8) is 0 Å². The summed E-state index contributed by atoms with van der Waals surface area (Å²) in [5, 5.41) is 12.3. The molecule has 1 rings (SSSR count). The summed E-state index contributed by atoms with van der Waals surface area (Å²) < 4.78 is 0. The van der Waals surface area contributed by atoms with Gasteiger partial charge in [0.15, 0.2) is 5.75 Å². The lowest BCUT2D eigenvalue weighted by atomic mass is 9.87. The molecule has 0 fully saturated rings. The van der Waals surface area contributed by atoms with E-state index in [0.29, 0.717) is 5.69 Å². The predicted octanol–water partition coefficient (Wildman–Crippen LogP) is 3.79. The molecule has 0 radical (unpaired) electrons. The number of phenolic OH excluding ortho intramolecular Hbond substituents is 1. The first-order chi connectivity index (χ1) is 9.08. The van der Waals surface area contributed by atoms with Gasteiger partial charge in [-0.15, -0.1) is 0 Å². The minimum Gasteiger partial charge on any atom is -0.505 e. The number of hydrogen-bond donors (Lipinski definition) is 3. The highest BCUT2D eigenvalue weighted by atomic mass is 35.5. The lowest BCUT2D eigenvalue weighted by Gasteiger charge is -2.22. The summed E-state index contributed by atoms with van der Waals surface area (Å²) in [5.74, 6) is -0.407. The molecule has 0 aliphatic carbocycles. The molecule has 4 nitrogen and oxygen atoms in total. The van der Waals surface area contributed by atoms with Crippen LogP contribution < -0.4 is 11.1 Å². The first-order valence-electron chi connectivity index (χ1n) is 6.32. The molecule has 0 bridgehead atoms. The van der Waals surface area contributed by atoms with Gasteiger partial charge in [0, 0.05) is 18.2 Å². The van der Waals surface area contributed by atoms with Crippen molar-refractivity contribution < 1.29 is 9.90 Å². The van der Waals surface area contributed by atoms with Gasteiger partial charge in [-0.05, 0) is 24.0 Å². The Balaban J connectivity index is 2.63. The third kappa shape index (κ3) is 5.57. The van der Waals surface area contributed by atoms with Crippen LogP contribution in [-0.4, -0.2) is 17.1 Å². The van der Waals surface area contributed by atoms with E-state index < -0.39 is 0 Å². The zero-order valence-corrected chi connectivity index (χ0v) is 13.3. The average Bonchev–Trinajstić information content (AvgIpc) is 2.22. The second-order valence-corrected chi connectivity index (χ2v) is 6.88. The molecule has 4 N–H and O–H groups in total. The van der Waals surface area contributed by atoms with Gasteiger partial charge in [0.1, 0.15) is 0 Å². The smallest absolute Gasteiger partial charge is 0.225 e. The van der Waals surface area contributed by atoms with E-state index in [-0.39, 0.29) is 39.6 Å². The van der Waals surface area contributed by atoms with Gasteiger partial charge in [0.2, 0.25) is 5.91 Å². The number of nitrogens with two attached hydrogens (primary N) is 1. The number of rotatable bonds is 4. The summed E-state index contributed by atoms with van der Waals surface area (Å²) in [4.78, 5) is 11.9. The van der Waals surface area contributed by atoms with Crippen LogP contribution in [0.3, 0.4) is 0 Å². The number of amides is 1. The maximum Gasteiger partial charge on any atom is 0.225 e. The highest BCUT2D eigenvalue weighted by Gasteiger charge is 2.18. The second-order valence-electron chi connectivity index (χ2n) is 6.07. The minimum atomic E-state index is -0.210. The Hall–Kier alpha value is -0.970. The summed E-state index contributed by atoms with van der Waals surface area (Å²) in [6.45, 7) is 6.22. The highest BCUT2D eigenvalue weighted by molar-refractivity contribution is 6.37. The highest BCUT2D eigenvalue weighted by Crippen LogP contribution is 2.34. The fourth-order valence-electron chi connectivity index (χ4n) is 1.95.